The molecule has 0 aliphatic carbocycles. The van der Waals surface area contributed by atoms with Gasteiger partial charge in [-0.2, -0.15) is 12.6 Å². The predicted molar refractivity (Wildman–Crippen MR) is 42.2 cm³/mol. The van der Waals surface area contributed by atoms with E-state index in [2.05, 4.69) is 28.2 Å². The van der Waals surface area contributed by atoms with Crippen molar-refractivity contribution in [1.82, 2.24) is 20.2 Å². The molecule has 0 fully saturated rings. The normalized spacial score (nSPS) is 13.4. The van der Waals surface area contributed by atoms with Crippen LogP contribution in [0.25, 0.3) is 0 Å². The number of hydrogen-bond donors (Lipinski definition) is 3. The Labute approximate surface area is 68.0 Å². The number of aromatic amines is 1. The Kier molecular flexibility index (Phi) is 2.41. The van der Waals surface area contributed by atoms with E-state index in [-0.39, 0.29) is 5.37 Å². The van der Waals surface area contributed by atoms with E-state index in [1.165, 1.54) is 4.68 Å². The summed E-state index contributed by atoms with van der Waals surface area (Å²) >= 11 is 8.76. The Morgan fingerprint density at radius 2 is 2.60 bits per heavy atom. The fourth-order valence-corrected chi connectivity index (χ4v) is 0.821. The van der Waals surface area contributed by atoms with E-state index < -0.39 is 0 Å². The van der Waals surface area contributed by atoms with Gasteiger partial charge in [-0.25, -0.2) is 9.78 Å². The van der Waals surface area contributed by atoms with Gasteiger partial charge in [-0.05, 0) is 22.6 Å². The van der Waals surface area contributed by atoms with Crippen molar-refractivity contribution in [3.8, 4) is 0 Å². The number of thiol groups is 1. The van der Waals surface area contributed by atoms with Gasteiger partial charge in [0.15, 0.2) is 0 Å². The molecule has 5 nitrogen and oxygen atoms in total. The van der Waals surface area contributed by atoms with E-state index in [9.17, 15) is 0 Å². The number of nitrogens with two attached hydrogens (primary N) is 1. The maximum atomic E-state index is 5.37. The summed E-state index contributed by atoms with van der Waals surface area (Å²) in [5.41, 5.74) is 5.37. The van der Waals surface area contributed by atoms with Crippen molar-refractivity contribution in [2.75, 3.05) is 0 Å². The summed E-state index contributed by atoms with van der Waals surface area (Å²) in [4.78, 5) is 0. The minimum atomic E-state index is -0.253. The van der Waals surface area contributed by atoms with Gasteiger partial charge in [-0.1, -0.05) is 0 Å². The maximum Gasteiger partial charge on any atom is 0.213 e. The number of nitrogens with zero attached hydrogens (tertiary/aromatic N) is 3. The second kappa shape index (κ2) is 3.13. The van der Waals surface area contributed by atoms with E-state index in [0.717, 1.165) is 0 Å². The zero-order chi connectivity index (χ0) is 7.56. The first-order valence-electron chi connectivity index (χ1n) is 2.62. The highest BCUT2D eigenvalue weighted by Gasteiger charge is 1.98. The third-order valence-electron chi connectivity index (χ3n) is 0.893. The minimum Gasteiger partial charge on any atom is -0.318 e. The maximum absolute atomic E-state index is 5.37. The molecule has 1 unspecified atom stereocenters. The SMILES string of the molecule is NC(S)Cn1nn[nH]c1=S. The van der Waals surface area contributed by atoms with Gasteiger partial charge in [0, 0.05) is 0 Å². The lowest BCUT2D eigenvalue weighted by Gasteiger charge is -2.00. The van der Waals surface area contributed by atoms with Crippen LogP contribution in [0.5, 0.6) is 0 Å². The molecule has 56 valence electrons. The summed E-state index contributed by atoms with van der Waals surface area (Å²) in [5.74, 6) is 0. The molecule has 7 heteroatoms. The standard InChI is InChI=1S/C3H7N5S2/c4-2(9)1-8-3(10)5-6-7-8/h2,9H,1,4H2,(H,5,7,10). The molecular weight excluding hydrogens is 170 g/mol. The topological polar surface area (TPSA) is 72.5 Å². The molecule has 3 N–H and O–H groups in total. The lowest BCUT2D eigenvalue weighted by molar-refractivity contribution is 0.574. The number of tetrazole rings is 1. The van der Waals surface area contributed by atoms with Crippen LogP contribution in [0.15, 0.2) is 0 Å². The average Bonchev–Trinajstić information content (AvgIpc) is 2.15. The van der Waals surface area contributed by atoms with Crippen LogP contribution in [-0.2, 0) is 6.54 Å². The summed E-state index contributed by atoms with van der Waals surface area (Å²) in [6, 6.07) is 0. The van der Waals surface area contributed by atoms with Gasteiger partial charge in [0.1, 0.15) is 0 Å². The van der Waals surface area contributed by atoms with E-state index in [0.29, 0.717) is 11.3 Å². The van der Waals surface area contributed by atoms with E-state index >= 15 is 0 Å². The molecular formula is C3H7N5S2. The Balaban J connectivity index is 2.75. The fourth-order valence-electron chi connectivity index (χ4n) is 0.514. The highest BCUT2D eigenvalue weighted by molar-refractivity contribution is 7.80. The first kappa shape index (κ1) is 7.70. The second-order valence-electron chi connectivity index (χ2n) is 1.76. The van der Waals surface area contributed by atoms with Gasteiger partial charge in [0.05, 0.1) is 11.9 Å². The van der Waals surface area contributed by atoms with Crippen LogP contribution < -0.4 is 5.73 Å². The van der Waals surface area contributed by atoms with Crippen LogP contribution in [0.4, 0.5) is 0 Å². The molecule has 1 rings (SSSR count). The largest absolute Gasteiger partial charge is 0.318 e. The minimum absolute atomic E-state index is 0.253. The van der Waals surface area contributed by atoms with Gasteiger partial charge < -0.3 is 5.73 Å². The molecule has 0 aromatic carbocycles. The summed E-state index contributed by atoms with van der Waals surface area (Å²) in [7, 11) is 0. The Morgan fingerprint density at radius 1 is 1.90 bits per heavy atom. The van der Waals surface area contributed by atoms with E-state index in [1.807, 2.05) is 0 Å². The van der Waals surface area contributed by atoms with Crippen LogP contribution in [0.3, 0.4) is 0 Å². The number of rotatable bonds is 2. The molecule has 1 heterocycles. The highest BCUT2D eigenvalue weighted by atomic mass is 32.1. The summed E-state index contributed by atoms with van der Waals surface area (Å²) < 4.78 is 1.94. The monoisotopic (exact) mass is 177 g/mol. The lowest BCUT2D eigenvalue weighted by atomic mass is 10.6. The number of nitrogens with one attached hydrogen (secondary N) is 1. The molecule has 10 heavy (non-hydrogen) atoms. The van der Waals surface area contributed by atoms with Crippen LogP contribution >= 0.6 is 24.8 Å². The van der Waals surface area contributed by atoms with Crippen molar-refractivity contribution in [2.45, 2.75) is 11.9 Å². The molecule has 0 amide bonds. The van der Waals surface area contributed by atoms with Gasteiger partial charge in [0.25, 0.3) is 0 Å². The number of hydrogen-bond acceptors (Lipinski definition) is 5. The van der Waals surface area contributed by atoms with Crippen molar-refractivity contribution in [3.05, 3.63) is 4.77 Å². The zero-order valence-electron chi connectivity index (χ0n) is 5.06. The molecule has 0 bridgehead atoms. The molecule has 0 saturated carbocycles. The lowest BCUT2D eigenvalue weighted by Crippen LogP contribution is -2.20. The molecule has 0 spiro atoms. The predicted octanol–water partition coefficient (Wildman–Crippen LogP) is -0.450. The summed E-state index contributed by atoms with van der Waals surface area (Å²) in [6.07, 6.45) is 0. The van der Waals surface area contributed by atoms with Crippen molar-refractivity contribution in [3.63, 3.8) is 0 Å². The number of aromatic nitrogens is 4. The summed E-state index contributed by atoms with van der Waals surface area (Å²) in [5, 5.41) is 9.35. The molecule has 1 aromatic rings. The number of H-pyrrole nitrogens is 1. The van der Waals surface area contributed by atoms with Crippen molar-refractivity contribution >= 4 is 24.8 Å². The Hall–Kier alpha value is -0.400. The second-order valence-corrected chi connectivity index (χ2v) is 2.81. The fraction of sp³-hybridized carbons (Fsp3) is 0.667. The third kappa shape index (κ3) is 1.79. The van der Waals surface area contributed by atoms with Gasteiger partial charge in [-0.3, -0.25) is 0 Å². The van der Waals surface area contributed by atoms with E-state index in [4.69, 9.17) is 18.0 Å². The van der Waals surface area contributed by atoms with Crippen molar-refractivity contribution in [2.24, 2.45) is 5.73 Å². The molecule has 0 aliphatic heterocycles. The zero-order valence-corrected chi connectivity index (χ0v) is 6.77. The molecule has 0 saturated heterocycles. The quantitative estimate of drug-likeness (QED) is 0.325. The van der Waals surface area contributed by atoms with Gasteiger partial charge in [-0.15, -0.1) is 0 Å². The Bertz CT molecular complexity index is 249. The van der Waals surface area contributed by atoms with Crippen molar-refractivity contribution in [1.29, 1.82) is 0 Å². The first-order chi connectivity index (χ1) is 4.70. The summed E-state index contributed by atoms with van der Waals surface area (Å²) in [6.45, 7) is 0.471. The highest BCUT2D eigenvalue weighted by Crippen LogP contribution is 1.90. The van der Waals surface area contributed by atoms with Gasteiger partial charge in [0.2, 0.25) is 4.77 Å². The van der Waals surface area contributed by atoms with Crippen LogP contribution in [0, 0.1) is 4.77 Å². The van der Waals surface area contributed by atoms with Crippen molar-refractivity contribution < 1.29 is 0 Å². The van der Waals surface area contributed by atoms with Crippen LogP contribution in [-0.4, -0.2) is 25.6 Å². The third-order valence-corrected chi connectivity index (χ3v) is 1.36. The average molecular weight is 177 g/mol. The smallest absolute Gasteiger partial charge is 0.213 e. The van der Waals surface area contributed by atoms with Crippen LogP contribution in [0.1, 0.15) is 0 Å². The molecule has 0 aliphatic rings. The molecule has 0 radical (unpaired) electrons. The van der Waals surface area contributed by atoms with Crippen LogP contribution in [0.2, 0.25) is 0 Å². The molecule has 1 atom stereocenters. The van der Waals surface area contributed by atoms with Gasteiger partial charge >= 0.3 is 0 Å². The van der Waals surface area contributed by atoms with E-state index in [1.54, 1.807) is 0 Å². The molecule has 1 aromatic heterocycles. The first-order valence-corrected chi connectivity index (χ1v) is 3.54. The Morgan fingerprint density at radius 3 is 3.00 bits per heavy atom.